The number of hydrogen-bond acceptors (Lipinski definition) is 4. The molecule has 1 heterocycles. The molecule has 1 atom stereocenters. The molecule has 5 nitrogen and oxygen atoms in total. The van der Waals surface area contributed by atoms with Crippen LogP contribution in [-0.2, 0) is 16.1 Å². The van der Waals surface area contributed by atoms with Crippen molar-refractivity contribution in [2.45, 2.75) is 53.1 Å². The van der Waals surface area contributed by atoms with Crippen LogP contribution in [0.2, 0.25) is 0 Å². The zero-order chi connectivity index (χ0) is 14.5. The van der Waals surface area contributed by atoms with Gasteiger partial charge >= 0.3 is 5.97 Å². The zero-order valence-corrected chi connectivity index (χ0v) is 12.6. The molecule has 0 aliphatic carbocycles. The molecule has 0 saturated carbocycles. The quantitative estimate of drug-likeness (QED) is 0.766. The molecule has 0 fully saturated rings. The molecule has 108 valence electrons. The Morgan fingerprint density at radius 2 is 2.16 bits per heavy atom. The van der Waals surface area contributed by atoms with E-state index in [1.807, 2.05) is 38.4 Å². The van der Waals surface area contributed by atoms with Gasteiger partial charge in [0.15, 0.2) is 0 Å². The van der Waals surface area contributed by atoms with Crippen LogP contribution in [0.5, 0.6) is 0 Å². The van der Waals surface area contributed by atoms with E-state index in [4.69, 9.17) is 4.74 Å². The first-order valence-corrected chi connectivity index (χ1v) is 6.86. The third kappa shape index (κ3) is 4.06. The SMILES string of the molecule is CCCNC(C)(Cn1nc(C)cc1C)C(=O)OCC. The summed E-state index contributed by atoms with van der Waals surface area (Å²) >= 11 is 0. The molecular weight excluding hydrogens is 242 g/mol. The Kier molecular flexibility index (Phi) is 5.54. The number of aryl methyl sites for hydroxylation is 2. The van der Waals surface area contributed by atoms with Gasteiger partial charge in [0.1, 0.15) is 5.54 Å². The Balaban J connectivity index is 2.90. The predicted octanol–water partition coefficient (Wildman–Crippen LogP) is 1.82. The van der Waals surface area contributed by atoms with Crippen molar-refractivity contribution in [3.8, 4) is 0 Å². The lowest BCUT2D eigenvalue weighted by atomic mass is 10.0. The van der Waals surface area contributed by atoms with E-state index in [-0.39, 0.29) is 5.97 Å². The second-order valence-corrected chi connectivity index (χ2v) is 5.06. The fourth-order valence-corrected chi connectivity index (χ4v) is 2.02. The number of aromatic nitrogens is 2. The lowest BCUT2D eigenvalue weighted by molar-refractivity contribution is -0.151. The predicted molar refractivity (Wildman–Crippen MR) is 75.0 cm³/mol. The number of hydrogen-bond donors (Lipinski definition) is 1. The van der Waals surface area contributed by atoms with Crippen molar-refractivity contribution in [1.82, 2.24) is 15.1 Å². The summed E-state index contributed by atoms with van der Waals surface area (Å²) < 4.78 is 7.04. The molecule has 0 aliphatic rings. The summed E-state index contributed by atoms with van der Waals surface area (Å²) in [6.07, 6.45) is 0.964. The lowest BCUT2D eigenvalue weighted by Gasteiger charge is -2.28. The van der Waals surface area contributed by atoms with E-state index in [1.54, 1.807) is 0 Å². The minimum Gasteiger partial charge on any atom is -0.465 e. The zero-order valence-electron chi connectivity index (χ0n) is 12.6. The third-order valence-electron chi connectivity index (χ3n) is 3.06. The van der Waals surface area contributed by atoms with Crippen LogP contribution in [0.3, 0.4) is 0 Å². The van der Waals surface area contributed by atoms with Crippen molar-refractivity contribution in [3.63, 3.8) is 0 Å². The summed E-state index contributed by atoms with van der Waals surface area (Å²) in [5.74, 6) is -0.226. The highest BCUT2D eigenvalue weighted by molar-refractivity contribution is 5.80. The van der Waals surface area contributed by atoms with Gasteiger partial charge in [-0.1, -0.05) is 6.92 Å². The summed E-state index contributed by atoms with van der Waals surface area (Å²) in [5.41, 5.74) is 1.26. The molecule has 0 aliphatic heterocycles. The van der Waals surface area contributed by atoms with E-state index in [2.05, 4.69) is 17.3 Å². The summed E-state index contributed by atoms with van der Waals surface area (Å²) in [4.78, 5) is 12.2. The smallest absolute Gasteiger partial charge is 0.327 e. The van der Waals surface area contributed by atoms with Crippen molar-refractivity contribution in [3.05, 3.63) is 17.5 Å². The standard InChI is InChI=1S/C14H25N3O2/c1-6-8-15-14(5,13(18)19-7-2)10-17-12(4)9-11(3)16-17/h9,15H,6-8,10H2,1-5H3. The topological polar surface area (TPSA) is 56.2 Å². The van der Waals surface area contributed by atoms with Crippen LogP contribution in [0.4, 0.5) is 0 Å². The van der Waals surface area contributed by atoms with Gasteiger partial charge in [-0.2, -0.15) is 5.10 Å². The molecule has 0 spiro atoms. The highest BCUT2D eigenvalue weighted by atomic mass is 16.5. The summed E-state index contributed by atoms with van der Waals surface area (Å²) in [6.45, 7) is 11.3. The Hall–Kier alpha value is -1.36. The van der Waals surface area contributed by atoms with E-state index in [9.17, 15) is 4.79 Å². The van der Waals surface area contributed by atoms with Crippen LogP contribution >= 0.6 is 0 Å². The highest BCUT2D eigenvalue weighted by Gasteiger charge is 2.35. The second kappa shape index (κ2) is 6.70. The average molecular weight is 267 g/mol. The number of carbonyl (C=O) groups is 1. The van der Waals surface area contributed by atoms with Gasteiger partial charge in [-0.05, 0) is 46.7 Å². The third-order valence-corrected chi connectivity index (χ3v) is 3.06. The number of rotatable bonds is 7. The van der Waals surface area contributed by atoms with Crippen LogP contribution in [0.25, 0.3) is 0 Å². The van der Waals surface area contributed by atoms with Crippen LogP contribution in [0.15, 0.2) is 6.07 Å². The molecule has 5 heteroatoms. The summed E-state index contributed by atoms with van der Waals surface area (Å²) in [5, 5.41) is 7.69. The number of nitrogens with one attached hydrogen (secondary N) is 1. The first-order chi connectivity index (χ1) is 8.92. The Bertz CT molecular complexity index is 428. The number of esters is 1. The largest absolute Gasteiger partial charge is 0.465 e. The van der Waals surface area contributed by atoms with Crippen molar-refractivity contribution in [2.75, 3.05) is 13.2 Å². The fraction of sp³-hybridized carbons (Fsp3) is 0.714. The van der Waals surface area contributed by atoms with Crippen LogP contribution < -0.4 is 5.32 Å². The van der Waals surface area contributed by atoms with E-state index in [1.165, 1.54) is 0 Å². The van der Waals surface area contributed by atoms with E-state index in [0.29, 0.717) is 13.2 Å². The van der Waals surface area contributed by atoms with Gasteiger partial charge in [0, 0.05) is 5.69 Å². The molecular formula is C14H25N3O2. The molecule has 1 aromatic rings. The van der Waals surface area contributed by atoms with Gasteiger partial charge in [0.2, 0.25) is 0 Å². The summed E-state index contributed by atoms with van der Waals surface area (Å²) in [7, 11) is 0. The number of nitrogens with zero attached hydrogens (tertiary/aromatic N) is 2. The normalized spacial score (nSPS) is 14.2. The van der Waals surface area contributed by atoms with Crippen LogP contribution in [-0.4, -0.2) is 34.4 Å². The maximum Gasteiger partial charge on any atom is 0.327 e. The number of carbonyl (C=O) groups excluding carboxylic acids is 1. The summed E-state index contributed by atoms with van der Waals surface area (Å²) in [6, 6.07) is 2.01. The lowest BCUT2D eigenvalue weighted by Crippen LogP contribution is -2.54. The molecule has 1 unspecified atom stereocenters. The average Bonchev–Trinajstić information content (AvgIpc) is 2.65. The molecule has 19 heavy (non-hydrogen) atoms. The van der Waals surface area contributed by atoms with Gasteiger partial charge in [-0.25, -0.2) is 4.79 Å². The monoisotopic (exact) mass is 267 g/mol. The molecule has 0 bridgehead atoms. The van der Waals surface area contributed by atoms with Gasteiger partial charge in [0.05, 0.1) is 18.8 Å². The molecule has 0 saturated heterocycles. The van der Waals surface area contributed by atoms with Crippen LogP contribution in [0.1, 0.15) is 38.6 Å². The van der Waals surface area contributed by atoms with Gasteiger partial charge < -0.3 is 10.1 Å². The minimum atomic E-state index is -0.741. The van der Waals surface area contributed by atoms with Gasteiger partial charge in [-0.3, -0.25) is 4.68 Å². The Morgan fingerprint density at radius 3 is 2.63 bits per heavy atom. The fourth-order valence-electron chi connectivity index (χ4n) is 2.02. The number of ether oxygens (including phenoxy) is 1. The van der Waals surface area contributed by atoms with Crippen molar-refractivity contribution < 1.29 is 9.53 Å². The molecule has 0 radical (unpaired) electrons. The maximum atomic E-state index is 12.2. The van der Waals surface area contributed by atoms with Gasteiger partial charge in [-0.15, -0.1) is 0 Å². The van der Waals surface area contributed by atoms with Crippen molar-refractivity contribution in [1.29, 1.82) is 0 Å². The second-order valence-electron chi connectivity index (χ2n) is 5.06. The van der Waals surface area contributed by atoms with Gasteiger partial charge in [0.25, 0.3) is 0 Å². The Labute approximate surface area is 115 Å². The highest BCUT2D eigenvalue weighted by Crippen LogP contribution is 2.13. The van der Waals surface area contributed by atoms with E-state index >= 15 is 0 Å². The molecule has 1 N–H and O–H groups in total. The Morgan fingerprint density at radius 1 is 1.47 bits per heavy atom. The first kappa shape index (κ1) is 15.7. The van der Waals surface area contributed by atoms with Crippen molar-refractivity contribution >= 4 is 5.97 Å². The molecule has 0 aromatic carbocycles. The molecule has 1 aromatic heterocycles. The molecule has 1 rings (SSSR count). The first-order valence-electron chi connectivity index (χ1n) is 6.86. The minimum absolute atomic E-state index is 0.226. The maximum absolute atomic E-state index is 12.2. The van der Waals surface area contributed by atoms with E-state index in [0.717, 1.165) is 24.4 Å². The molecule has 0 amide bonds. The van der Waals surface area contributed by atoms with E-state index < -0.39 is 5.54 Å². The van der Waals surface area contributed by atoms with Crippen molar-refractivity contribution in [2.24, 2.45) is 0 Å². The van der Waals surface area contributed by atoms with Crippen LogP contribution in [0, 0.1) is 13.8 Å².